The maximum Gasteiger partial charge on any atom is 0.257 e. The Balaban J connectivity index is 1.67. The Kier molecular flexibility index (Phi) is 6.29. The van der Waals surface area contributed by atoms with Gasteiger partial charge in [0, 0.05) is 21.9 Å². The molecule has 1 unspecified atom stereocenters. The van der Waals surface area contributed by atoms with Crippen LogP contribution in [0.4, 0.5) is 11.5 Å². The number of carbonyl (C=O) groups excluding carboxylic acids is 1. The van der Waals surface area contributed by atoms with Crippen LogP contribution in [0.5, 0.6) is 0 Å². The first-order valence-electron chi connectivity index (χ1n) is 8.21. The van der Waals surface area contributed by atoms with E-state index in [4.69, 9.17) is 23.2 Å². The van der Waals surface area contributed by atoms with Gasteiger partial charge in [-0.3, -0.25) is 4.79 Å². The molecule has 5 nitrogen and oxygen atoms in total. The van der Waals surface area contributed by atoms with Gasteiger partial charge < -0.3 is 15.7 Å². The zero-order chi connectivity index (χ0) is 19.2. The van der Waals surface area contributed by atoms with Crippen LogP contribution in [0.25, 0.3) is 0 Å². The summed E-state index contributed by atoms with van der Waals surface area (Å²) in [4.78, 5) is 16.6. The Morgan fingerprint density at radius 2 is 1.81 bits per heavy atom. The van der Waals surface area contributed by atoms with Gasteiger partial charge in [0.05, 0.1) is 18.2 Å². The van der Waals surface area contributed by atoms with Gasteiger partial charge in [-0.2, -0.15) is 0 Å². The van der Waals surface area contributed by atoms with E-state index >= 15 is 0 Å². The molecule has 0 radical (unpaired) electrons. The van der Waals surface area contributed by atoms with E-state index in [-0.39, 0.29) is 18.6 Å². The second kappa shape index (κ2) is 8.86. The molecular weight excluding hydrogens is 385 g/mol. The number of hydrogen-bond donors (Lipinski definition) is 3. The molecule has 1 amide bonds. The first kappa shape index (κ1) is 19.2. The Morgan fingerprint density at radius 3 is 2.44 bits per heavy atom. The lowest BCUT2D eigenvalue weighted by Crippen LogP contribution is -2.16. The van der Waals surface area contributed by atoms with E-state index in [1.54, 1.807) is 48.5 Å². The highest BCUT2D eigenvalue weighted by Gasteiger charge is 2.12. The summed E-state index contributed by atoms with van der Waals surface area (Å²) < 4.78 is 0. The molecule has 27 heavy (non-hydrogen) atoms. The lowest BCUT2D eigenvalue weighted by atomic mass is 10.1. The Hall–Kier alpha value is -2.60. The van der Waals surface area contributed by atoms with Crippen LogP contribution in [0, 0.1) is 0 Å². The summed E-state index contributed by atoms with van der Waals surface area (Å²) in [7, 11) is 0. The number of anilines is 2. The summed E-state index contributed by atoms with van der Waals surface area (Å²) in [6, 6.07) is 17.1. The fourth-order valence-corrected chi connectivity index (χ4v) is 2.81. The van der Waals surface area contributed by atoms with Crippen molar-refractivity contribution in [2.75, 3.05) is 17.2 Å². The average Bonchev–Trinajstić information content (AvgIpc) is 2.67. The molecule has 1 heterocycles. The number of rotatable bonds is 6. The largest absolute Gasteiger partial charge is 0.394 e. The molecular formula is C20H17Cl2N3O2. The predicted octanol–water partition coefficient (Wildman–Crippen LogP) is 4.79. The van der Waals surface area contributed by atoms with E-state index in [2.05, 4.69) is 15.6 Å². The van der Waals surface area contributed by atoms with Crippen LogP contribution in [0.15, 0.2) is 66.9 Å². The second-order valence-corrected chi connectivity index (χ2v) is 6.70. The molecule has 0 spiro atoms. The number of aliphatic hydroxyl groups excluding tert-OH is 1. The smallest absolute Gasteiger partial charge is 0.257 e. The van der Waals surface area contributed by atoms with Crippen molar-refractivity contribution in [2.45, 2.75) is 6.04 Å². The highest BCUT2D eigenvalue weighted by atomic mass is 35.5. The van der Waals surface area contributed by atoms with Gasteiger partial charge in [0.15, 0.2) is 0 Å². The molecule has 2 aromatic carbocycles. The Labute approximate surface area is 167 Å². The van der Waals surface area contributed by atoms with Gasteiger partial charge in [0.25, 0.3) is 5.91 Å². The molecule has 7 heteroatoms. The molecule has 1 atom stereocenters. The molecule has 1 aromatic heterocycles. The maximum absolute atomic E-state index is 12.3. The number of nitrogens with one attached hydrogen (secondary N) is 2. The molecule has 0 aliphatic carbocycles. The molecule has 3 aromatic rings. The fourth-order valence-electron chi connectivity index (χ4n) is 2.49. The van der Waals surface area contributed by atoms with Crippen LogP contribution in [-0.4, -0.2) is 22.6 Å². The van der Waals surface area contributed by atoms with E-state index in [1.165, 1.54) is 6.20 Å². The van der Waals surface area contributed by atoms with E-state index in [9.17, 15) is 9.90 Å². The lowest BCUT2D eigenvalue weighted by molar-refractivity contribution is 0.102. The number of benzene rings is 2. The maximum atomic E-state index is 12.3. The summed E-state index contributed by atoms with van der Waals surface area (Å²) in [6.07, 6.45) is 1.47. The quantitative estimate of drug-likeness (QED) is 0.555. The molecule has 138 valence electrons. The summed E-state index contributed by atoms with van der Waals surface area (Å²) in [5.41, 5.74) is 1.90. The zero-order valence-electron chi connectivity index (χ0n) is 14.2. The van der Waals surface area contributed by atoms with Crippen LogP contribution in [-0.2, 0) is 0 Å². The van der Waals surface area contributed by atoms with Crippen molar-refractivity contribution in [3.05, 3.63) is 88.0 Å². The van der Waals surface area contributed by atoms with Crippen molar-refractivity contribution in [2.24, 2.45) is 0 Å². The van der Waals surface area contributed by atoms with Gasteiger partial charge in [-0.1, -0.05) is 41.4 Å². The van der Waals surface area contributed by atoms with Gasteiger partial charge in [0.1, 0.15) is 5.82 Å². The van der Waals surface area contributed by atoms with Crippen LogP contribution in [0.3, 0.4) is 0 Å². The molecule has 3 rings (SSSR count). The average molecular weight is 402 g/mol. The van der Waals surface area contributed by atoms with Crippen molar-refractivity contribution in [1.29, 1.82) is 0 Å². The van der Waals surface area contributed by atoms with Crippen LogP contribution < -0.4 is 10.6 Å². The van der Waals surface area contributed by atoms with Crippen LogP contribution in [0.1, 0.15) is 22.0 Å². The number of aliphatic hydroxyl groups is 1. The van der Waals surface area contributed by atoms with Gasteiger partial charge >= 0.3 is 0 Å². The normalized spacial score (nSPS) is 11.7. The highest BCUT2D eigenvalue weighted by Crippen LogP contribution is 2.21. The summed E-state index contributed by atoms with van der Waals surface area (Å²) in [5, 5.41) is 16.7. The van der Waals surface area contributed by atoms with Crippen LogP contribution >= 0.6 is 23.2 Å². The zero-order valence-corrected chi connectivity index (χ0v) is 15.7. The first-order valence-corrected chi connectivity index (χ1v) is 8.96. The molecule has 3 N–H and O–H groups in total. The number of amides is 1. The fraction of sp³-hybridized carbons (Fsp3) is 0.100. The van der Waals surface area contributed by atoms with Gasteiger partial charge in [0.2, 0.25) is 0 Å². The molecule has 0 saturated carbocycles. The van der Waals surface area contributed by atoms with Gasteiger partial charge in [-0.15, -0.1) is 0 Å². The topological polar surface area (TPSA) is 74.2 Å². The second-order valence-electron chi connectivity index (χ2n) is 5.83. The van der Waals surface area contributed by atoms with E-state index in [0.717, 1.165) is 5.56 Å². The van der Waals surface area contributed by atoms with Crippen LogP contribution in [0.2, 0.25) is 10.0 Å². The van der Waals surface area contributed by atoms with E-state index in [0.29, 0.717) is 27.1 Å². The third kappa shape index (κ3) is 5.20. The minimum absolute atomic E-state index is 0.111. The molecule has 0 aliphatic rings. The number of halogens is 2. The summed E-state index contributed by atoms with van der Waals surface area (Å²) in [6.45, 7) is -0.111. The Bertz CT molecular complexity index is 915. The molecule has 0 bridgehead atoms. The minimum atomic E-state index is -0.332. The lowest BCUT2D eigenvalue weighted by Gasteiger charge is -2.17. The first-order chi connectivity index (χ1) is 13.0. The third-order valence-corrected chi connectivity index (χ3v) is 4.37. The van der Waals surface area contributed by atoms with E-state index < -0.39 is 0 Å². The summed E-state index contributed by atoms with van der Waals surface area (Å²) in [5.74, 6) is 0.260. The van der Waals surface area contributed by atoms with Crippen molar-refractivity contribution in [3.63, 3.8) is 0 Å². The summed E-state index contributed by atoms with van der Waals surface area (Å²) >= 11 is 11.8. The predicted molar refractivity (Wildman–Crippen MR) is 109 cm³/mol. The van der Waals surface area contributed by atoms with Crippen molar-refractivity contribution < 1.29 is 9.90 Å². The number of nitrogens with zero attached hydrogens (tertiary/aromatic N) is 1. The SMILES string of the molecule is O=C(Nc1cccc(Cl)c1)c1ccc(NC(CO)c2ccc(Cl)cc2)nc1. The van der Waals surface area contributed by atoms with Crippen molar-refractivity contribution >= 4 is 40.6 Å². The third-order valence-electron chi connectivity index (χ3n) is 3.89. The van der Waals surface area contributed by atoms with Gasteiger partial charge in [-0.25, -0.2) is 4.98 Å². The van der Waals surface area contributed by atoms with Crippen molar-refractivity contribution in [3.8, 4) is 0 Å². The Morgan fingerprint density at radius 1 is 1.04 bits per heavy atom. The van der Waals surface area contributed by atoms with E-state index in [1.807, 2.05) is 12.1 Å². The van der Waals surface area contributed by atoms with Crippen molar-refractivity contribution in [1.82, 2.24) is 4.98 Å². The minimum Gasteiger partial charge on any atom is -0.394 e. The molecule has 0 aliphatic heterocycles. The highest BCUT2D eigenvalue weighted by molar-refractivity contribution is 6.31. The monoisotopic (exact) mass is 401 g/mol. The molecule has 0 fully saturated rings. The number of aromatic nitrogens is 1. The number of carbonyl (C=O) groups is 1. The molecule has 0 saturated heterocycles. The number of hydrogen-bond acceptors (Lipinski definition) is 4. The van der Waals surface area contributed by atoms with Gasteiger partial charge in [-0.05, 0) is 48.0 Å². The standard InChI is InChI=1S/C20H17Cl2N3O2/c21-15-7-4-13(5-8-15)18(12-26)25-19-9-6-14(11-23-19)20(27)24-17-3-1-2-16(22)10-17/h1-11,18,26H,12H2,(H,23,25)(H,24,27). The number of pyridine rings is 1.